The minimum absolute atomic E-state index is 0.0933. The van der Waals surface area contributed by atoms with Gasteiger partial charge in [0.25, 0.3) is 0 Å². The molecule has 0 saturated heterocycles. The van der Waals surface area contributed by atoms with Crippen molar-refractivity contribution in [2.24, 2.45) is 0 Å². The molecule has 1 amide bonds. The van der Waals surface area contributed by atoms with E-state index in [-0.39, 0.29) is 11.9 Å². The minimum Gasteiger partial charge on any atom is -0.350 e. The second kappa shape index (κ2) is 6.54. The summed E-state index contributed by atoms with van der Waals surface area (Å²) in [5.74, 6) is 0.949. The first-order valence-corrected chi connectivity index (χ1v) is 7.01. The van der Waals surface area contributed by atoms with Crippen LogP contribution in [0.25, 0.3) is 17.0 Å². The predicted octanol–water partition coefficient (Wildman–Crippen LogP) is 3.05. The molecule has 1 aromatic heterocycles. The van der Waals surface area contributed by atoms with E-state index >= 15 is 0 Å². The van der Waals surface area contributed by atoms with Crippen LogP contribution in [-0.4, -0.2) is 27.1 Å². The number of aromatic amines is 1. The number of benzene rings is 1. The summed E-state index contributed by atoms with van der Waals surface area (Å²) in [4.78, 5) is 16.1. The molecule has 0 spiro atoms. The summed E-state index contributed by atoms with van der Waals surface area (Å²) in [5, 5.41) is 10.4. The first kappa shape index (κ1) is 15.3. The SMILES string of the molecule is CC(=CC(=O)NC(C)C)c1n[nH]c(-c2cccc(Cl)c2)n1. The van der Waals surface area contributed by atoms with E-state index < -0.39 is 0 Å². The van der Waals surface area contributed by atoms with Crippen LogP contribution in [0.1, 0.15) is 26.6 Å². The second-order valence-electron chi connectivity index (χ2n) is 5.01. The third kappa shape index (κ3) is 4.16. The van der Waals surface area contributed by atoms with Crippen LogP contribution in [0.2, 0.25) is 5.02 Å². The van der Waals surface area contributed by atoms with Crippen LogP contribution in [0.4, 0.5) is 0 Å². The molecule has 0 fully saturated rings. The van der Waals surface area contributed by atoms with Gasteiger partial charge in [0.05, 0.1) is 0 Å². The van der Waals surface area contributed by atoms with E-state index in [0.29, 0.717) is 22.2 Å². The number of nitrogens with zero attached hydrogens (tertiary/aromatic N) is 2. The number of hydrogen-bond acceptors (Lipinski definition) is 3. The number of hydrogen-bond donors (Lipinski definition) is 2. The van der Waals surface area contributed by atoms with E-state index in [0.717, 1.165) is 5.56 Å². The largest absolute Gasteiger partial charge is 0.350 e. The molecule has 5 nitrogen and oxygen atoms in total. The maximum atomic E-state index is 11.7. The highest BCUT2D eigenvalue weighted by Crippen LogP contribution is 2.20. The molecule has 0 radical (unpaired) electrons. The maximum Gasteiger partial charge on any atom is 0.244 e. The zero-order valence-corrected chi connectivity index (χ0v) is 12.9. The first-order chi connectivity index (χ1) is 9.95. The topological polar surface area (TPSA) is 70.7 Å². The highest BCUT2D eigenvalue weighted by atomic mass is 35.5. The number of halogens is 1. The molecular weight excluding hydrogens is 288 g/mol. The average Bonchev–Trinajstić information content (AvgIpc) is 2.87. The van der Waals surface area contributed by atoms with E-state index in [1.54, 1.807) is 19.1 Å². The summed E-state index contributed by atoms with van der Waals surface area (Å²) in [6, 6.07) is 7.43. The highest BCUT2D eigenvalue weighted by Gasteiger charge is 2.09. The number of H-pyrrole nitrogens is 1. The van der Waals surface area contributed by atoms with Gasteiger partial charge in [-0.25, -0.2) is 4.98 Å². The molecule has 2 aromatic rings. The molecule has 0 atom stereocenters. The Morgan fingerprint density at radius 2 is 2.19 bits per heavy atom. The summed E-state index contributed by atoms with van der Waals surface area (Å²) < 4.78 is 0. The van der Waals surface area contributed by atoms with Gasteiger partial charge in [0, 0.05) is 28.3 Å². The van der Waals surface area contributed by atoms with E-state index in [1.165, 1.54) is 6.08 Å². The molecule has 0 saturated carbocycles. The Bertz CT molecular complexity index is 676. The Kier molecular flexibility index (Phi) is 4.75. The van der Waals surface area contributed by atoms with Crippen molar-refractivity contribution >= 4 is 23.1 Å². The summed E-state index contributed by atoms with van der Waals surface area (Å²) in [7, 11) is 0. The fourth-order valence-electron chi connectivity index (χ4n) is 1.79. The lowest BCUT2D eigenvalue weighted by molar-refractivity contribution is -0.116. The van der Waals surface area contributed by atoms with Gasteiger partial charge in [-0.05, 0) is 32.9 Å². The highest BCUT2D eigenvalue weighted by molar-refractivity contribution is 6.30. The Hall–Kier alpha value is -2.14. The number of amides is 1. The zero-order valence-electron chi connectivity index (χ0n) is 12.1. The van der Waals surface area contributed by atoms with E-state index in [1.807, 2.05) is 26.0 Å². The number of carbonyl (C=O) groups excluding carboxylic acids is 1. The van der Waals surface area contributed by atoms with Crippen molar-refractivity contribution in [1.82, 2.24) is 20.5 Å². The molecule has 1 heterocycles. The van der Waals surface area contributed by atoms with Gasteiger partial charge in [-0.2, -0.15) is 5.10 Å². The lowest BCUT2D eigenvalue weighted by atomic mass is 10.2. The molecule has 2 rings (SSSR count). The standard InChI is InChI=1S/C15H17ClN4O/c1-9(2)17-13(21)7-10(3)14-18-15(20-19-14)11-5-4-6-12(16)8-11/h4-9H,1-3H3,(H,17,21)(H,18,19,20). The van der Waals surface area contributed by atoms with E-state index in [2.05, 4.69) is 20.5 Å². The van der Waals surface area contributed by atoms with Crippen LogP contribution < -0.4 is 5.32 Å². The maximum absolute atomic E-state index is 11.7. The van der Waals surface area contributed by atoms with Crippen molar-refractivity contribution in [2.45, 2.75) is 26.8 Å². The van der Waals surface area contributed by atoms with Crippen LogP contribution in [0.5, 0.6) is 0 Å². The molecule has 0 bridgehead atoms. The van der Waals surface area contributed by atoms with Gasteiger partial charge in [0.1, 0.15) is 0 Å². The van der Waals surface area contributed by atoms with Crippen LogP contribution in [0.3, 0.4) is 0 Å². The molecule has 0 aliphatic heterocycles. The summed E-state index contributed by atoms with van der Waals surface area (Å²) in [5.41, 5.74) is 1.54. The van der Waals surface area contributed by atoms with Gasteiger partial charge in [0.2, 0.25) is 5.91 Å². The molecule has 2 N–H and O–H groups in total. The summed E-state index contributed by atoms with van der Waals surface area (Å²) in [6.07, 6.45) is 1.49. The van der Waals surface area contributed by atoms with Gasteiger partial charge in [-0.15, -0.1) is 0 Å². The number of rotatable bonds is 4. The quantitative estimate of drug-likeness (QED) is 0.853. The fourth-order valence-corrected chi connectivity index (χ4v) is 1.98. The van der Waals surface area contributed by atoms with Crippen molar-refractivity contribution in [3.8, 4) is 11.4 Å². The average molecular weight is 305 g/mol. The molecule has 0 aliphatic carbocycles. The van der Waals surface area contributed by atoms with Crippen molar-refractivity contribution in [2.75, 3.05) is 0 Å². The van der Waals surface area contributed by atoms with Crippen LogP contribution in [0, 0.1) is 0 Å². The van der Waals surface area contributed by atoms with Gasteiger partial charge in [-0.3, -0.25) is 9.89 Å². The Morgan fingerprint density at radius 3 is 2.86 bits per heavy atom. The van der Waals surface area contributed by atoms with Crippen molar-refractivity contribution < 1.29 is 4.79 Å². The Morgan fingerprint density at radius 1 is 1.43 bits per heavy atom. The monoisotopic (exact) mass is 304 g/mol. The van der Waals surface area contributed by atoms with E-state index in [4.69, 9.17) is 11.6 Å². The number of aromatic nitrogens is 3. The van der Waals surface area contributed by atoms with Gasteiger partial charge in [0.15, 0.2) is 11.6 Å². The fraction of sp³-hybridized carbons (Fsp3) is 0.267. The van der Waals surface area contributed by atoms with Crippen LogP contribution >= 0.6 is 11.6 Å². The molecule has 6 heteroatoms. The number of nitrogens with one attached hydrogen (secondary N) is 2. The van der Waals surface area contributed by atoms with Crippen LogP contribution in [-0.2, 0) is 4.79 Å². The third-order valence-corrected chi connectivity index (χ3v) is 2.95. The molecule has 21 heavy (non-hydrogen) atoms. The molecule has 110 valence electrons. The van der Waals surface area contributed by atoms with Gasteiger partial charge in [-0.1, -0.05) is 23.7 Å². The predicted molar refractivity (Wildman–Crippen MR) is 83.8 cm³/mol. The van der Waals surface area contributed by atoms with Crippen molar-refractivity contribution in [3.63, 3.8) is 0 Å². The first-order valence-electron chi connectivity index (χ1n) is 6.63. The Labute approximate surface area is 128 Å². The molecule has 0 aliphatic rings. The lowest BCUT2D eigenvalue weighted by Crippen LogP contribution is -2.28. The third-order valence-electron chi connectivity index (χ3n) is 2.71. The zero-order chi connectivity index (χ0) is 15.4. The lowest BCUT2D eigenvalue weighted by Gasteiger charge is -2.04. The van der Waals surface area contributed by atoms with Gasteiger partial charge < -0.3 is 5.32 Å². The minimum atomic E-state index is -0.156. The van der Waals surface area contributed by atoms with Crippen molar-refractivity contribution in [1.29, 1.82) is 0 Å². The Balaban J connectivity index is 2.20. The molecule has 0 unspecified atom stereocenters. The van der Waals surface area contributed by atoms with Crippen LogP contribution in [0.15, 0.2) is 30.3 Å². The summed E-state index contributed by atoms with van der Waals surface area (Å²) in [6.45, 7) is 5.61. The second-order valence-corrected chi connectivity index (χ2v) is 5.45. The molecular formula is C15H17ClN4O. The number of allylic oxidation sites excluding steroid dienone is 1. The van der Waals surface area contributed by atoms with E-state index in [9.17, 15) is 4.79 Å². The van der Waals surface area contributed by atoms with Crippen molar-refractivity contribution in [3.05, 3.63) is 41.2 Å². The number of carbonyl (C=O) groups is 1. The normalized spacial score (nSPS) is 11.8. The smallest absolute Gasteiger partial charge is 0.244 e. The summed E-state index contributed by atoms with van der Waals surface area (Å²) >= 11 is 5.95. The van der Waals surface area contributed by atoms with Gasteiger partial charge >= 0.3 is 0 Å². The molecule has 1 aromatic carbocycles.